The maximum absolute atomic E-state index is 11.6. The number of benzene rings is 1. The smallest absolute Gasteiger partial charge is 0.220 e. The summed E-state index contributed by atoms with van der Waals surface area (Å²) in [6.07, 6.45) is 4.51. The number of carbonyl (C=O) groups is 1. The van der Waals surface area contributed by atoms with Crippen LogP contribution < -0.4 is 5.32 Å². The molecule has 0 fully saturated rings. The third-order valence-corrected chi connectivity index (χ3v) is 3.12. The Hall–Kier alpha value is -1.02. The molecule has 0 bridgehead atoms. The molecule has 1 rings (SSSR count). The van der Waals surface area contributed by atoms with Crippen LogP contribution in [-0.2, 0) is 11.2 Å². The normalized spacial score (nSPS) is 10.3. The zero-order chi connectivity index (χ0) is 13.2. The number of aryl methyl sites for hydroxylation is 2. The van der Waals surface area contributed by atoms with Crippen molar-refractivity contribution in [3.63, 3.8) is 0 Å². The lowest BCUT2D eigenvalue weighted by Crippen LogP contribution is -2.24. The molecule has 1 N–H and O–H groups in total. The average molecular weight is 268 g/mol. The van der Waals surface area contributed by atoms with Crippen LogP contribution in [0.3, 0.4) is 0 Å². The first-order valence-electron chi connectivity index (χ1n) is 6.60. The molecule has 2 nitrogen and oxygen atoms in total. The number of carbonyl (C=O) groups excluding carboxylic acids is 1. The first-order chi connectivity index (χ1) is 8.72. The summed E-state index contributed by atoms with van der Waals surface area (Å²) in [5.74, 6) is 0.851. The van der Waals surface area contributed by atoms with Gasteiger partial charge >= 0.3 is 0 Å². The Labute approximate surface area is 115 Å². The SMILES string of the molecule is Cc1cccc(CCC(=O)NCCCCCCl)c1. The number of unbranched alkanes of at least 4 members (excludes halogenated alkanes) is 2. The summed E-state index contributed by atoms with van der Waals surface area (Å²) in [4.78, 5) is 11.6. The molecule has 0 heterocycles. The molecule has 0 aliphatic rings. The number of rotatable bonds is 8. The number of amides is 1. The number of hydrogen-bond acceptors (Lipinski definition) is 1. The van der Waals surface area contributed by atoms with Crippen molar-refractivity contribution in [3.8, 4) is 0 Å². The highest BCUT2D eigenvalue weighted by molar-refractivity contribution is 6.17. The Morgan fingerprint density at radius 3 is 2.83 bits per heavy atom. The molecule has 0 spiro atoms. The molecule has 0 radical (unpaired) electrons. The van der Waals surface area contributed by atoms with Crippen molar-refractivity contribution in [2.24, 2.45) is 0 Å². The van der Waals surface area contributed by atoms with Crippen LogP contribution in [0.5, 0.6) is 0 Å². The Morgan fingerprint density at radius 2 is 2.11 bits per heavy atom. The molecular weight excluding hydrogens is 246 g/mol. The minimum absolute atomic E-state index is 0.141. The molecule has 1 aromatic carbocycles. The van der Waals surface area contributed by atoms with Gasteiger partial charge in [0.05, 0.1) is 0 Å². The minimum Gasteiger partial charge on any atom is -0.356 e. The highest BCUT2D eigenvalue weighted by atomic mass is 35.5. The maximum Gasteiger partial charge on any atom is 0.220 e. The van der Waals surface area contributed by atoms with E-state index in [0.29, 0.717) is 12.3 Å². The monoisotopic (exact) mass is 267 g/mol. The summed E-state index contributed by atoms with van der Waals surface area (Å²) < 4.78 is 0. The highest BCUT2D eigenvalue weighted by Crippen LogP contribution is 2.06. The number of alkyl halides is 1. The topological polar surface area (TPSA) is 29.1 Å². The number of hydrogen-bond donors (Lipinski definition) is 1. The van der Waals surface area contributed by atoms with E-state index in [1.807, 2.05) is 6.07 Å². The number of halogens is 1. The second-order valence-corrected chi connectivity index (χ2v) is 4.97. The summed E-state index contributed by atoms with van der Waals surface area (Å²) >= 11 is 5.59. The molecule has 0 saturated carbocycles. The molecule has 0 aliphatic carbocycles. The fraction of sp³-hybridized carbons (Fsp3) is 0.533. The van der Waals surface area contributed by atoms with Crippen molar-refractivity contribution in [1.29, 1.82) is 0 Å². The Balaban J connectivity index is 2.13. The predicted molar refractivity (Wildman–Crippen MR) is 77.1 cm³/mol. The molecule has 0 aromatic heterocycles. The molecule has 0 saturated heterocycles. The fourth-order valence-corrected chi connectivity index (χ4v) is 2.03. The quantitative estimate of drug-likeness (QED) is 0.567. The van der Waals surface area contributed by atoms with Gasteiger partial charge in [-0.2, -0.15) is 0 Å². The predicted octanol–water partition coefficient (Wildman–Crippen LogP) is 3.45. The molecular formula is C15H22ClNO. The van der Waals surface area contributed by atoms with Gasteiger partial charge in [0.15, 0.2) is 0 Å². The lowest BCUT2D eigenvalue weighted by atomic mass is 10.1. The Morgan fingerprint density at radius 1 is 1.28 bits per heavy atom. The summed E-state index contributed by atoms with van der Waals surface area (Å²) in [5, 5.41) is 2.94. The van der Waals surface area contributed by atoms with Crippen molar-refractivity contribution in [2.75, 3.05) is 12.4 Å². The van der Waals surface area contributed by atoms with Crippen molar-refractivity contribution < 1.29 is 4.79 Å². The first kappa shape index (κ1) is 15.0. The van der Waals surface area contributed by atoms with Crippen LogP contribution in [0.4, 0.5) is 0 Å². The molecule has 0 atom stereocenters. The molecule has 1 aromatic rings. The van der Waals surface area contributed by atoms with Gasteiger partial charge in [-0.25, -0.2) is 0 Å². The van der Waals surface area contributed by atoms with Gasteiger partial charge in [-0.05, 0) is 31.7 Å². The molecule has 0 unspecified atom stereocenters. The lowest BCUT2D eigenvalue weighted by molar-refractivity contribution is -0.121. The van der Waals surface area contributed by atoms with E-state index in [2.05, 4.69) is 30.4 Å². The molecule has 3 heteroatoms. The van der Waals surface area contributed by atoms with Crippen LogP contribution in [0.1, 0.15) is 36.8 Å². The van der Waals surface area contributed by atoms with E-state index in [9.17, 15) is 4.79 Å². The Kier molecular flexibility index (Phi) is 7.51. The van der Waals surface area contributed by atoms with Crippen LogP contribution in [0.15, 0.2) is 24.3 Å². The van der Waals surface area contributed by atoms with Gasteiger partial charge in [-0.15, -0.1) is 11.6 Å². The summed E-state index contributed by atoms with van der Waals surface area (Å²) in [6.45, 7) is 2.84. The fourth-order valence-electron chi connectivity index (χ4n) is 1.84. The van der Waals surface area contributed by atoms with E-state index in [4.69, 9.17) is 11.6 Å². The highest BCUT2D eigenvalue weighted by Gasteiger charge is 2.01. The van der Waals surface area contributed by atoms with E-state index >= 15 is 0 Å². The largest absolute Gasteiger partial charge is 0.356 e. The molecule has 0 aliphatic heterocycles. The van der Waals surface area contributed by atoms with Crippen LogP contribution in [0.2, 0.25) is 0 Å². The van der Waals surface area contributed by atoms with Gasteiger partial charge in [0.25, 0.3) is 0 Å². The minimum atomic E-state index is 0.141. The van der Waals surface area contributed by atoms with Crippen LogP contribution >= 0.6 is 11.6 Å². The second-order valence-electron chi connectivity index (χ2n) is 4.59. The summed E-state index contributed by atoms with van der Waals surface area (Å²) in [6, 6.07) is 8.31. The first-order valence-corrected chi connectivity index (χ1v) is 7.14. The zero-order valence-electron chi connectivity index (χ0n) is 11.0. The average Bonchev–Trinajstić information content (AvgIpc) is 2.36. The van der Waals surface area contributed by atoms with Crippen LogP contribution in [0.25, 0.3) is 0 Å². The van der Waals surface area contributed by atoms with E-state index < -0.39 is 0 Å². The van der Waals surface area contributed by atoms with Crippen molar-refractivity contribution >= 4 is 17.5 Å². The van der Waals surface area contributed by atoms with Gasteiger partial charge in [0.2, 0.25) is 5.91 Å². The molecule has 18 heavy (non-hydrogen) atoms. The Bertz CT molecular complexity index is 365. The van der Waals surface area contributed by atoms with Crippen molar-refractivity contribution in [2.45, 2.75) is 39.0 Å². The van der Waals surface area contributed by atoms with E-state index in [1.165, 1.54) is 11.1 Å². The van der Waals surface area contributed by atoms with Crippen LogP contribution in [-0.4, -0.2) is 18.3 Å². The van der Waals surface area contributed by atoms with Gasteiger partial charge in [-0.3, -0.25) is 4.79 Å². The lowest BCUT2D eigenvalue weighted by Gasteiger charge is -2.05. The third kappa shape index (κ3) is 6.65. The van der Waals surface area contributed by atoms with E-state index in [1.54, 1.807) is 0 Å². The number of nitrogens with one attached hydrogen (secondary N) is 1. The summed E-state index contributed by atoms with van der Waals surface area (Å²) in [7, 11) is 0. The van der Waals surface area contributed by atoms with Gasteiger partial charge in [0, 0.05) is 18.8 Å². The standard InChI is InChI=1S/C15H22ClNO/c1-13-6-5-7-14(12-13)8-9-15(18)17-11-4-2-3-10-16/h5-7,12H,2-4,8-11H2,1H3,(H,17,18). The van der Waals surface area contributed by atoms with E-state index in [-0.39, 0.29) is 5.91 Å². The molecule has 1 amide bonds. The van der Waals surface area contributed by atoms with Gasteiger partial charge in [-0.1, -0.05) is 36.2 Å². The van der Waals surface area contributed by atoms with Crippen molar-refractivity contribution in [1.82, 2.24) is 5.32 Å². The summed E-state index contributed by atoms with van der Waals surface area (Å²) in [5.41, 5.74) is 2.47. The maximum atomic E-state index is 11.6. The van der Waals surface area contributed by atoms with Crippen molar-refractivity contribution in [3.05, 3.63) is 35.4 Å². The third-order valence-electron chi connectivity index (χ3n) is 2.86. The second kappa shape index (κ2) is 8.98. The van der Waals surface area contributed by atoms with Gasteiger partial charge < -0.3 is 5.32 Å². The van der Waals surface area contributed by atoms with Gasteiger partial charge in [0.1, 0.15) is 0 Å². The van der Waals surface area contributed by atoms with E-state index in [0.717, 1.165) is 32.2 Å². The van der Waals surface area contributed by atoms with Crippen LogP contribution in [0, 0.1) is 6.92 Å². The molecule has 100 valence electrons. The zero-order valence-corrected chi connectivity index (χ0v) is 11.8.